The van der Waals surface area contributed by atoms with Crippen LogP contribution in [-0.2, 0) is 4.79 Å². The molecule has 1 fully saturated rings. The molecule has 0 spiro atoms. The lowest BCUT2D eigenvalue weighted by Gasteiger charge is -2.15. The van der Waals surface area contributed by atoms with Crippen molar-refractivity contribution in [2.24, 2.45) is 5.92 Å². The number of nitrogens with zero attached hydrogens (tertiary/aromatic N) is 1. The number of hydrogen-bond acceptors (Lipinski definition) is 3. The number of pyridine rings is 1. The van der Waals surface area contributed by atoms with Crippen LogP contribution in [0.3, 0.4) is 0 Å². The van der Waals surface area contributed by atoms with Gasteiger partial charge >= 0.3 is 0 Å². The molecule has 0 aliphatic carbocycles. The minimum atomic E-state index is 0.0554. The van der Waals surface area contributed by atoms with Crippen LogP contribution in [0.5, 0.6) is 0 Å². The molecule has 4 nitrogen and oxygen atoms in total. The van der Waals surface area contributed by atoms with Crippen LogP contribution >= 0.6 is 0 Å². The van der Waals surface area contributed by atoms with Gasteiger partial charge in [0.25, 0.3) is 0 Å². The van der Waals surface area contributed by atoms with Crippen LogP contribution in [0.25, 0.3) is 0 Å². The van der Waals surface area contributed by atoms with E-state index in [-0.39, 0.29) is 11.9 Å². The fraction of sp³-hybridized carbons (Fsp3) is 0.538. The van der Waals surface area contributed by atoms with E-state index in [2.05, 4.69) is 15.6 Å². The Labute approximate surface area is 102 Å². The lowest BCUT2D eigenvalue weighted by molar-refractivity contribution is -0.122. The summed E-state index contributed by atoms with van der Waals surface area (Å²) in [6.07, 6.45) is 5.23. The summed E-state index contributed by atoms with van der Waals surface area (Å²) in [4.78, 5) is 15.8. The predicted molar refractivity (Wildman–Crippen MR) is 66.4 cm³/mol. The smallest absolute Gasteiger partial charge is 0.220 e. The monoisotopic (exact) mass is 233 g/mol. The van der Waals surface area contributed by atoms with Crippen LogP contribution in [0.2, 0.25) is 0 Å². The van der Waals surface area contributed by atoms with E-state index in [9.17, 15) is 4.79 Å². The average molecular weight is 233 g/mol. The van der Waals surface area contributed by atoms with Crippen LogP contribution < -0.4 is 10.6 Å². The van der Waals surface area contributed by atoms with Gasteiger partial charge in [0.15, 0.2) is 0 Å². The average Bonchev–Trinajstić information content (AvgIpc) is 2.82. The highest BCUT2D eigenvalue weighted by molar-refractivity contribution is 5.76. The van der Waals surface area contributed by atoms with E-state index in [1.807, 2.05) is 19.1 Å². The highest BCUT2D eigenvalue weighted by Gasteiger charge is 2.19. The summed E-state index contributed by atoms with van der Waals surface area (Å²) in [5.41, 5.74) is 1.10. The summed E-state index contributed by atoms with van der Waals surface area (Å²) in [5, 5.41) is 6.30. The van der Waals surface area contributed by atoms with E-state index < -0.39 is 0 Å². The van der Waals surface area contributed by atoms with Gasteiger partial charge < -0.3 is 10.6 Å². The topological polar surface area (TPSA) is 54.0 Å². The maximum Gasteiger partial charge on any atom is 0.220 e. The molecular weight excluding hydrogens is 214 g/mol. The molecule has 1 aromatic rings. The predicted octanol–water partition coefficient (Wildman–Crippen LogP) is 1.26. The molecule has 2 heterocycles. The number of nitrogens with one attached hydrogen (secondary N) is 2. The van der Waals surface area contributed by atoms with Gasteiger partial charge in [-0.1, -0.05) is 0 Å². The number of rotatable bonds is 4. The molecule has 1 aliphatic heterocycles. The summed E-state index contributed by atoms with van der Waals surface area (Å²) >= 11 is 0. The minimum absolute atomic E-state index is 0.0554. The summed E-state index contributed by atoms with van der Waals surface area (Å²) in [6, 6.07) is 3.92. The molecule has 4 heteroatoms. The molecule has 0 saturated carbocycles. The van der Waals surface area contributed by atoms with Crippen LogP contribution in [0.15, 0.2) is 24.5 Å². The SMILES string of the molecule is C[C@@H](NC(=O)CC1CCNC1)c1ccncc1. The first-order valence-electron chi connectivity index (χ1n) is 6.15. The Morgan fingerprint density at radius 1 is 1.59 bits per heavy atom. The molecule has 2 rings (SSSR count). The molecule has 1 aliphatic rings. The second-order valence-corrected chi connectivity index (χ2v) is 4.63. The third-order valence-electron chi connectivity index (χ3n) is 3.22. The van der Waals surface area contributed by atoms with Crippen molar-refractivity contribution in [3.8, 4) is 0 Å². The molecule has 0 radical (unpaired) electrons. The third-order valence-corrected chi connectivity index (χ3v) is 3.22. The zero-order valence-electron chi connectivity index (χ0n) is 10.1. The van der Waals surface area contributed by atoms with Gasteiger partial charge in [0, 0.05) is 18.8 Å². The summed E-state index contributed by atoms with van der Waals surface area (Å²) in [6.45, 7) is 4.01. The Bertz CT molecular complexity index is 360. The van der Waals surface area contributed by atoms with Gasteiger partial charge in [-0.15, -0.1) is 0 Å². The van der Waals surface area contributed by atoms with Crippen LogP contribution in [0.4, 0.5) is 0 Å². The van der Waals surface area contributed by atoms with Gasteiger partial charge in [0.2, 0.25) is 5.91 Å². The molecule has 0 bridgehead atoms. The second kappa shape index (κ2) is 5.77. The first-order chi connectivity index (χ1) is 8.25. The number of amides is 1. The van der Waals surface area contributed by atoms with E-state index in [4.69, 9.17) is 0 Å². The van der Waals surface area contributed by atoms with E-state index in [0.29, 0.717) is 12.3 Å². The van der Waals surface area contributed by atoms with Gasteiger partial charge in [-0.25, -0.2) is 0 Å². The van der Waals surface area contributed by atoms with Crippen molar-refractivity contribution >= 4 is 5.91 Å². The van der Waals surface area contributed by atoms with Crippen molar-refractivity contribution in [1.82, 2.24) is 15.6 Å². The third kappa shape index (κ3) is 3.53. The highest BCUT2D eigenvalue weighted by atomic mass is 16.1. The molecule has 0 aromatic carbocycles. The van der Waals surface area contributed by atoms with Crippen molar-refractivity contribution in [3.63, 3.8) is 0 Å². The molecule has 1 saturated heterocycles. The normalized spacial score (nSPS) is 21.1. The molecule has 2 atom stereocenters. The van der Waals surface area contributed by atoms with E-state index in [0.717, 1.165) is 25.1 Å². The minimum Gasteiger partial charge on any atom is -0.350 e. The number of aromatic nitrogens is 1. The Kier molecular flexibility index (Phi) is 4.09. The van der Waals surface area contributed by atoms with Gasteiger partial charge in [0.1, 0.15) is 0 Å². The van der Waals surface area contributed by atoms with Crippen LogP contribution in [0.1, 0.15) is 31.4 Å². The van der Waals surface area contributed by atoms with Crippen LogP contribution in [-0.4, -0.2) is 24.0 Å². The lowest BCUT2D eigenvalue weighted by Crippen LogP contribution is -2.28. The molecule has 1 amide bonds. The van der Waals surface area contributed by atoms with Crippen molar-refractivity contribution < 1.29 is 4.79 Å². The second-order valence-electron chi connectivity index (χ2n) is 4.63. The molecular formula is C13H19N3O. The molecule has 2 N–H and O–H groups in total. The first-order valence-corrected chi connectivity index (χ1v) is 6.15. The number of hydrogen-bond donors (Lipinski definition) is 2. The molecule has 1 aromatic heterocycles. The molecule has 92 valence electrons. The Balaban J connectivity index is 1.81. The first kappa shape index (κ1) is 12.0. The van der Waals surface area contributed by atoms with Gasteiger partial charge in [-0.05, 0) is 50.0 Å². The fourth-order valence-electron chi connectivity index (χ4n) is 2.19. The van der Waals surface area contributed by atoms with E-state index in [1.54, 1.807) is 12.4 Å². The molecule has 1 unspecified atom stereocenters. The van der Waals surface area contributed by atoms with E-state index >= 15 is 0 Å². The van der Waals surface area contributed by atoms with Crippen molar-refractivity contribution in [1.29, 1.82) is 0 Å². The van der Waals surface area contributed by atoms with Crippen molar-refractivity contribution in [2.45, 2.75) is 25.8 Å². The fourth-order valence-corrected chi connectivity index (χ4v) is 2.19. The maximum atomic E-state index is 11.8. The quantitative estimate of drug-likeness (QED) is 0.823. The van der Waals surface area contributed by atoms with Gasteiger partial charge in [-0.3, -0.25) is 9.78 Å². The summed E-state index contributed by atoms with van der Waals surface area (Å²) in [7, 11) is 0. The zero-order chi connectivity index (χ0) is 12.1. The Hall–Kier alpha value is -1.42. The maximum absolute atomic E-state index is 11.8. The summed E-state index contributed by atoms with van der Waals surface area (Å²) < 4.78 is 0. The largest absolute Gasteiger partial charge is 0.350 e. The Morgan fingerprint density at radius 3 is 3.00 bits per heavy atom. The standard InChI is InChI=1S/C13H19N3O/c1-10(12-3-6-14-7-4-12)16-13(17)8-11-2-5-15-9-11/h3-4,6-7,10-11,15H,2,5,8-9H2,1H3,(H,16,17)/t10-,11?/m1/s1. The van der Waals surface area contributed by atoms with Gasteiger partial charge in [0.05, 0.1) is 6.04 Å². The summed E-state index contributed by atoms with van der Waals surface area (Å²) in [5.74, 6) is 0.641. The van der Waals surface area contributed by atoms with Gasteiger partial charge in [-0.2, -0.15) is 0 Å². The zero-order valence-corrected chi connectivity index (χ0v) is 10.1. The Morgan fingerprint density at radius 2 is 2.35 bits per heavy atom. The number of carbonyl (C=O) groups is 1. The van der Waals surface area contributed by atoms with E-state index in [1.165, 1.54) is 0 Å². The van der Waals surface area contributed by atoms with Crippen LogP contribution in [0, 0.1) is 5.92 Å². The number of carbonyl (C=O) groups excluding carboxylic acids is 1. The van der Waals surface area contributed by atoms with Crippen molar-refractivity contribution in [3.05, 3.63) is 30.1 Å². The van der Waals surface area contributed by atoms with Crippen molar-refractivity contribution in [2.75, 3.05) is 13.1 Å². The lowest BCUT2D eigenvalue weighted by atomic mass is 10.0. The molecule has 17 heavy (non-hydrogen) atoms. The highest BCUT2D eigenvalue weighted by Crippen LogP contribution is 2.14.